The Morgan fingerprint density at radius 1 is 1.15 bits per heavy atom. The Hall–Kier alpha value is -1.29. The number of rotatable bonds is 10. The van der Waals surface area contributed by atoms with E-state index in [0.717, 1.165) is 65.3 Å². The van der Waals surface area contributed by atoms with Gasteiger partial charge in [0.1, 0.15) is 0 Å². The summed E-state index contributed by atoms with van der Waals surface area (Å²) < 4.78 is 6.60. The van der Waals surface area contributed by atoms with E-state index in [-0.39, 0.29) is 18.3 Å². The molecule has 33 heavy (non-hydrogen) atoms. The van der Waals surface area contributed by atoms with Crippen LogP contribution in [0.15, 0.2) is 58.3 Å². The summed E-state index contributed by atoms with van der Waals surface area (Å²) in [5.41, 5.74) is 1.00. The summed E-state index contributed by atoms with van der Waals surface area (Å²) in [7, 11) is 0. The highest BCUT2D eigenvalue weighted by molar-refractivity contribution is 7.99. The Morgan fingerprint density at radius 2 is 1.94 bits per heavy atom. The van der Waals surface area contributed by atoms with Gasteiger partial charge in [-0.05, 0) is 42.7 Å². The Balaban J connectivity index is 0.00000306. The van der Waals surface area contributed by atoms with Gasteiger partial charge in [-0.3, -0.25) is 14.6 Å². The summed E-state index contributed by atoms with van der Waals surface area (Å²) >= 11 is 5.12. The third kappa shape index (κ3) is 7.34. The number of ether oxygens (including phenoxy) is 1. The van der Waals surface area contributed by atoms with Gasteiger partial charge in [-0.1, -0.05) is 35.6 Å². The van der Waals surface area contributed by atoms with Crippen LogP contribution >= 0.6 is 47.3 Å². The van der Waals surface area contributed by atoms with E-state index in [2.05, 4.69) is 53.6 Å². The largest absolute Gasteiger partial charge is 0.379 e. The monoisotopic (exact) mass is 523 g/mol. The Bertz CT molecular complexity index is 1010. The van der Waals surface area contributed by atoms with Crippen LogP contribution in [-0.4, -0.2) is 67.2 Å². The van der Waals surface area contributed by atoms with Crippen molar-refractivity contribution >= 4 is 68.5 Å². The molecule has 1 aliphatic heterocycles. The summed E-state index contributed by atoms with van der Waals surface area (Å²) in [6.45, 7) is 4.89. The molecule has 178 valence electrons. The first kappa shape index (κ1) is 26.3. The first-order chi connectivity index (χ1) is 15.7. The fourth-order valence-corrected chi connectivity index (χ4v) is 6.19. The van der Waals surface area contributed by atoms with Crippen molar-refractivity contribution in [3.63, 3.8) is 0 Å². The maximum absolute atomic E-state index is 13.3. The minimum atomic E-state index is 0. The number of carbonyl (C=O) groups excluding carboxylic acids is 1. The van der Waals surface area contributed by atoms with E-state index in [9.17, 15) is 4.79 Å². The van der Waals surface area contributed by atoms with Gasteiger partial charge in [-0.25, -0.2) is 4.98 Å². The number of hydrogen-bond acceptors (Lipinski definition) is 7. The molecule has 0 aliphatic carbocycles. The second-order valence-electron chi connectivity index (χ2n) is 7.57. The van der Waals surface area contributed by atoms with Crippen LogP contribution in [0.25, 0.3) is 10.2 Å². The minimum absolute atomic E-state index is 0. The number of benzene rings is 2. The van der Waals surface area contributed by atoms with E-state index in [1.807, 2.05) is 11.0 Å². The zero-order valence-corrected chi connectivity index (χ0v) is 22.0. The van der Waals surface area contributed by atoms with Gasteiger partial charge in [0.05, 0.1) is 23.4 Å². The summed E-state index contributed by atoms with van der Waals surface area (Å²) in [5, 5.41) is 0.815. The molecule has 1 amide bonds. The number of aromatic nitrogens is 1. The van der Waals surface area contributed by atoms with Crippen LogP contribution in [0.5, 0.6) is 0 Å². The number of para-hydroxylation sites is 1. The molecule has 0 bridgehead atoms. The van der Waals surface area contributed by atoms with E-state index < -0.39 is 0 Å². The van der Waals surface area contributed by atoms with Crippen LogP contribution < -0.4 is 4.90 Å². The molecule has 0 atom stereocenters. The van der Waals surface area contributed by atoms with Crippen LogP contribution in [0.1, 0.15) is 12.8 Å². The normalized spacial score (nSPS) is 14.2. The van der Waals surface area contributed by atoms with Crippen molar-refractivity contribution in [2.75, 3.05) is 56.3 Å². The van der Waals surface area contributed by atoms with E-state index in [0.29, 0.717) is 13.0 Å². The van der Waals surface area contributed by atoms with Crippen molar-refractivity contribution in [1.29, 1.82) is 0 Å². The number of carbonyl (C=O) groups is 1. The van der Waals surface area contributed by atoms with Crippen LogP contribution in [0.2, 0.25) is 0 Å². The zero-order chi connectivity index (χ0) is 22.2. The van der Waals surface area contributed by atoms with E-state index >= 15 is 0 Å². The van der Waals surface area contributed by atoms with Crippen molar-refractivity contribution < 1.29 is 9.53 Å². The van der Waals surface area contributed by atoms with Gasteiger partial charge in [-0.15, -0.1) is 35.9 Å². The van der Waals surface area contributed by atoms with Gasteiger partial charge in [0.15, 0.2) is 5.13 Å². The Labute approximate surface area is 214 Å². The molecule has 1 aromatic heterocycles. The lowest BCUT2D eigenvalue weighted by molar-refractivity contribution is -0.118. The van der Waals surface area contributed by atoms with Crippen molar-refractivity contribution in [2.24, 2.45) is 0 Å². The second kappa shape index (κ2) is 13.6. The number of hydrogen-bond donors (Lipinski definition) is 0. The van der Waals surface area contributed by atoms with Crippen molar-refractivity contribution in [2.45, 2.75) is 22.6 Å². The molecule has 0 unspecified atom stereocenters. The topological polar surface area (TPSA) is 45.7 Å². The fraction of sp³-hybridized carbons (Fsp3) is 0.417. The van der Waals surface area contributed by atoms with Crippen molar-refractivity contribution in [1.82, 2.24) is 9.88 Å². The lowest BCUT2D eigenvalue weighted by Gasteiger charge is -2.29. The molecule has 1 aliphatic rings. The summed E-state index contributed by atoms with van der Waals surface area (Å²) in [6.07, 6.45) is 3.46. The third-order valence-corrected chi connectivity index (χ3v) is 8.32. The van der Waals surface area contributed by atoms with Gasteiger partial charge in [0, 0.05) is 42.4 Å². The summed E-state index contributed by atoms with van der Waals surface area (Å²) in [6, 6.07) is 16.6. The Morgan fingerprint density at radius 3 is 2.70 bits per heavy atom. The first-order valence-electron chi connectivity index (χ1n) is 11.0. The standard InChI is InChI=1S/C24H29N3O2S3.ClH/c1-30-20-9-5-10-21-23(20)25-24(32-21)27(13-12-26-14-16-29-17-15-26)22(28)11-6-18-31-19-7-3-2-4-8-19;/h2-5,7-10H,6,11-18H2,1H3;1H. The van der Waals surface area contributed by atoms with Gasteiger partial charge in [0.2, 0.25) is 5.91 Å². The highest BCUT2D eigenvalue weighted by Crippen LogP contribution is 2.34. The SMILES string of the molecule is CSc1cccc2sc(N(CCN3CCOCC3)C(=O)CCCSc3ccccc3)nc12.Cl. The first-order valence-corrected chi connectivity index (χ1v) is 14.0. The predicted octanol–water partition coefficient (Wildman–Crippen LogP) is 5.68. The maximum atomic E-state index is 13.3. The van der Waals surface area contributed by atoms with E-state index in [4.69, 9.17) is 9.72 Å². The summed E-state index contributed by atoms with van der Waals surface area (Å²) in [5.74, 6) is 1.10. The van der Waals surface area contributed by atoms with E-state index in [1.54, 1.807) is 34.9 Å². The van der Waals surface area contributed by atoms with E-state index in [1.165, 1.54) is 4.90 Å². The number of halogens is 1. The molecular formula is C24H30ClN3O2S3. The molecule has 1 saturated heterocycles. The van der Waals surface area contributed by atoms with Crippen LogP contribution in [0, 0.1) is 0 Å². The quantitative estimate of drug-likeness (QED) is 0.252. The van der Waals surface area contributed by atoms with Crippen molar-refractivity contribution in [3.8, 4) is 0 Å². The zero-order valence-electron chi connectivity index (χ0n) is 18.8. The lowest BCUT2D eigenvalue weighted by atomic mass is 10.3. The molecule has 3 aromatic rings. The number of nitrogens with zero attached hydrogens (tertiary/aromatic N) is 3. The number of amides is 1. The maximum Gasteiger partial charge on any atom is 0.228 e. The number of morpholine rings is 1. The molecule has 0 spiro atoms. The molecule has 0 radical (unpaired) electrons. The summed E-state index contributed by atoms with van der Waals surface area (Å²) in [4.78, 5) is 24.9. The van der Waals surface area contributed by atoms with Crippen LogP contribution in [-0.2, 0) is 9.53 Å². The fourth-order valence-electron chi connectivity index (χ4n) is 3.65. The average Bonchev–Trinajstić information content (AvgIpc) is 3.27. The van der Waals surface area contributed by atoms with Gasteiger partial charge in [0.25, 0.3) is 0 Å². The average molecular weight is 524 g/mol. The molecule has 9 heteroatoms. The van der Waals surface area contributed by atoms with Crippen LogP contribution in [0.4, 0.5) is 5.13 Å². The smallest absolute Gasteiger partial charge is 0.228 e. The molecule has 1 fully saturated rings. The third-order valence-electron chi connectivity index (χ3n) is 5.41. The second-order valence-corrected chi connectivity index (χ2v) is 10.6. The predicted molar refractivity (Wildman–Crippen MR) is 145 cm³/mol. The number of anilines is 1. The highest BCUT2D eigenvalue weighted by Gasteiger charge is 2.22. The molecule has 0 N–H and O–H groups in total. The molecule has 5 nitrogen and oxygen atoms in total. The van der Waals surface area contributed by atoms with Crippen LogP contribution in [0.3, 0.4) is 0 Å². The minimum Gasteiger partial charge on any atom is -0.379 e. The van der Waals surface area contributed by atoms with Gasteiger partial charge >= 0.3 is 0 Å². The van der Waals surface area contributed by atoms with Crippen molar-refractivity contribution in [3.05, 3.63) is 48.5 Å². The number of thiazole rings is 1. The molecule has 0 saturated carbocycles. The number of fused-ring (bicyclic) bond motifs is 1. The molecule has 4 rings (SSSR count). The molecular weight excluding hydrogens is 494 g/mol. The highest BCUT2D eigenvalue weighted by atomic mass is 35.5. The molecule has 2 aromatic carbocycles. The lowest BCUT2D eigenvalue weighted by Crippen LogP contribution is -2.43. The molecule has 2 heterocycles. The van der Waals surface area contributed by atoms with Gasteiger partial charge in [-0.2, -0.15) is 0 Å². The Kier molecular flexibility index (Phi) is 10.8. The van der Waals surface area contributed by atoms with Gasteiger partial charge < -0.3 is 4.74 Å². The number of thioether (sulfide) groups is 2.